The average molecular weight is 288 g/mol. The number of rotatable bonds is 4. The van der Waals surface area contributed by atoms with Crippen LogP contribution in [-0.2, 0) is 16.1 Å². The molecule has 1 saturated heterocycles. The molecule has 0 spiro atoms. The largest absolute Gasteiger partial charge is 0.340 e. The predicted molar refractivity (Wildman–Crippen MR) is 82.6 cm³/mol. The van der Waals surface area contributed by atoms with Gasteiger partial charge in [-0.25, -0.2) is 0 Å². The summed E-state index contributed by atoms with van der Waals surface area (Å²) in [4.78, 5) is 26.8. The molecule has 1 aromatic rings. The molecule has 2 amide bonds. The van der Waals surface area contributed by atoms with Gasteiger partial charge in [-0.1, -0.05) is 43.7 Å². The quantitative estimate of drug-likeness (QED) is 0.925. The lowest BCUT2D eigenvalue weighted by Gasteiger charge is -2.44. The van der Waals surface area contributed by atoms with Crippen LogP contribution >= 0.6 is 0 Å². The number of nitrogens with zero attached hydrogens (tertiary/aromatic N) is 1. The van der Waals surface area contributed by atoms with Gasteiger partial charge in [-0.15, -0.1) is 0 Å². The average Bonchev–Trinajstić information content (AvgIpc) is 2.47. The van der Waals surface area contributed by atoms with Crippen LogP contribution in [0.5, 0.6) is 0 Å². The van der Waals surface area contributed by atoms with Gasteiger partial charge >= 0.3 is 0 Å². The van der Waals surface area contributed by atoms with Gasteiger partial charge in [0.2, 0.25) is 11.8 Å². The summed E-state index contributed by atoms with van der Waals surface area (Å²) in [6.45, 7) is 8.19. The second-order valence-corrected chi connectivity index (χ2v) is 6.02. The summed E-state index contributed by atoms with van der Waals surface area (Å²) in [5, 5.41) is 2.89. The van der Waals surface area contributed by atoms with Crippen LogP contribution in [0, 0.1) is 6.92 Å². The molecule has 0 bridgehead atoms. The molecule has 4 heteroatoms. The molecule has 2 unspecified atom stereocenters. The number of carbonyl (C=O) groups is 2. The first-order chi connectivity index (χ1) is 9.91. The van der Waals surface area contributed by atoms with Crippen LogP contribution in [0.3, 0.4) is 0 Å². The third-order valence-electron chi connectivity index (χ3n) is 4.38. The number of nitrogens with one attached hydrogen (secondary N) is 1. The van der Waals surface area contributed by atoms with E-state index < -0.39 is 5.54 Å². The fourth-order valence-electron chi connectivity index (χ4n) is 2.73. The minimum atomic E-state index is -0.784. The van der Waals surface area contributed by atoms with Crippen molar-refractivity contribution in [2.24, 2.45) is 0 Å². The molecular formula is C17H24N2O2. The Labute approximate surface area is 126 Å². The van der Waals surface area contributed by atoms with Crippen molar-refractivity contribution >= 4 is 11.8 Å². The van der Waals surface area contributed by atoms with Gasteiger partial charge < -0.3 is 10.2 Å². The van der Waals surface area contributed by atoms with Crippen molar-refractivity contribution in [2.45, 2.75) is 58.7 Å². The molecule has 2 atom stereocenters. The zero-order valence-corrected chi connectivity index (χ0v) is 13.3. The van der Waals surface area contributed by atoms with E-state index in [-0.39, 0.29) is 17.9 Å². The highest BCUT2D eigenvalue weighted by Gasteiger charge is 2.46. The van der Waals surface area contributed by atoms with E-state index in [0.29, 0.717) is 19.4 Å². The highest BCUT2D eigenvalue weighted by molar-refractivity contribution is 5.99. The first-order valence-corrected chi connectivity index (χ1v) is 7.60. The highest BCUT2D eigenvalue weighted by atomic mass is 16.2. The Balaban J connectivity index is 2.29. The van der Waals surface area contributed by atoms with Crippen LogP contribution in [0.2, 0.25) is 0 Å². The van der Waals surface area contributed by atoms with E-state index in [1.165, 1.54) is 5.56 Å². The number of amides is 2. The third kappa shape index (κ3) is 2.94. The van der Waals surface area contributed by atoms with Gasteiger partial charge in [0.05, 0.1) is 0 Å². The second-order valence-electron chi connectivity index (χ2n) is 6.02. The van der Waals surface area contributed by atoms with Crippen molar-refractivity contribution in [2.75, 3.05) is 0 Å². The van der Waals surface area contributed by atoms with Gasteiger partial charge in [0, 0.05) is 6.54 Å². The van der Waals surface area contributed by atoms with E-state index >= 15 is 0 Å². The molecule has 1 aliphatic rings. The molecule has 4 nitrogen and oxygen atoms in total. The number of aryl methyl sites for hydroxylation is 1. The zero-order chi connectivity index (χ0) is 15.6. The molecule has 1 aliphatic heterocycles. The standard InChI is InChI=1S/C17H24N2O2/c1-5-14-15(20)18-17(4,6-2)16(21)19(14)11-13-9-7-12(3)8-10-13/h7-10,14H,5-6,11H2,1-4H3,(H,18,20). The lowest BCUT2D eigenvalue weighted by molar-refractivity contribution is -0.155. The summed E-state index contributed by atoms with van der Waals surface area (Å²) < 4.78 is 0. The minimum absolute atomic E-state index is 0.0111. The molecule has 1 aromatic carbocycles. The number of hydrogen-bond acceptors (Lipinski definition) is 2. The van der Waals surface area contributed by atoms with Crippen LogP contribution < -0.4 is 5.32 Å². The van der Waals surface area contributed by atoms with Gasteiger partial charge in [0.25, 0.3) is 0 Å². The lowest BCUT2D eigenvalue weighted by Crippen LogP contribution is -2.68. The summed E-state index contributed by atoms with van der Waals surface area (Å²) in [5.74, 6) is -0.0365. The molecule has 0 aromatic heterocycles. The van der Waals surface area contributed by atoms with E-state index in [1.54, 1.807) is 11.8 Å². The Morgan fingerprint density at radius 3 is 2.33 bits per heavy atom. The maximum atomic E-state index is 12.8. The van der Waals surface area contributed by atoms with Gasteiger partial charge in [0.1, 0.15) is 11.6 Å². The monoisotopic (exact) mass is 288 g/mol. The van der Waals surface area contributed by atoms with E-state index in [9.17, 15) is 9.59 Å². The molecule has 1 N–H and O–H groups in total. The Morgan fingerprint density at radius 1 is 1.19 bits per heavy atom. The summed E-state index contributed by atoms with van der Waals surface area (Å²) in [7, 11) is 0. The molecule has 1 heterocycles. The number of benzene rings is 1. The first kappa shape index (κ1) is 15.5. The lowest BCUT2D eigenvalue weighted by atomic mass is 9.90. The topological polar surface area (TPSA) is 49.4 Å². The molecule has 114 valence electrons. The molecule has 1 fully saturated rings. The van der Waals surface area contributed by atoms with E-state index in [1.807, 2.05) is 45.0 Å². The molecular weight excluding hydrogens is 264 g/mol. The van der Waals surface area contributed by atoms with E-state index in [0.717, 1.165) is 5.56 Å². The maximum absolute atomic E-state index is 12.8. The van der Waals surface area contributed by atoms with E-state index in [2.05, 4.69) is 5.32 Å². The van der Waals surface area contributed by atoms with Crippen molar-refractivity contribution in [1.29, 1.82) is 0 Å². The third-order valence-corrected chi connectivity index (χ3v) is 4.38. The fraction of sp³-hybridized carbons (Fsp3) is 0.529. The summed E-state index contributed by atoms with van der Waals surface area (Å²) >= 11 is 0. The van der Waals surface area contributed by atoms with Crippen LogP contribution in [0.15, 0.2) is 24.3 Å². The number of piperazine rings is 1. The van der Waals surface area contributed by atoms with Gasteiger partial charge in [0.15, 0.2) is 0 Å². The van der Waals surface area contributed by atoms with Crippen LogP contribution in [0.25, 0.3) is 0 Å². The first-order valence-electron chi connectivity index (χ1n) is 7.60. The Bertz CT molecular complexity index is 538. The Kier molecular flexibility index (Phi) is 4.35. The Morgan fingerprint density at radius 2 is 1.81 bits per heavy atom. The van der Waals surface area contributed by atoms with Crippen molar-refractivity contribution in [3.63, 3.8) is 0 Å². The molecule has 0 radical (unpaired) electrons. The second kappa shape index (κ2) is 5.88. The molecule has 21 heavy (non-hydrogen) atoms. The molecule has 0 aliphatic carbocycles. The molecule has 2 rings (SSSR count). The van der Waals surface area contributed by atoms with Gasteiger partial charge in [-0.3, -0.25) is 9.59 Å². The number of carbonyl (C=O) groups excluding carboxylic acids is 2. The van der Waals surface area contributed by atoms with Crippen LogP contribution in [0.1, 0.15) is 44.7 Å². The highest BCUT2D eigenvalue weighted by Crippen LogP contribution is 2.24. The summed E-state index contributed by atoms with van der Waals surface area (Å²) in [6.07, 6.45) is 1.22. The fourth-order valence-corrected chi connectivity index (χ4v) is 2.73. The number of hydrogen-bond donors (Lipinski definition) is 1. The SMILES string of the molecule is CCC1C(=O)NC(C)(CC)C(=O)N1Cc1ccc(C)cc1. The van der Waals surface area contributed by atoms with Crippen molar-refractivity contribution < 1.29 is 9.59 Å². The predicted octanol–water partition coefficient (Wildman–Crippen LogP) is 2.40. The summed E-state index contributed by atoms with van der Waals surface area (Å²) in [6, 6.07) is 7.72. The van der Waals surface area contributed by atoms with Gasteiger partial charge in [-0.05, 0) is 32.3 Å². The smallest absolute Gasteiger partial charge is 0.249 e. The zero-order valence-electron chi connectivity index (χ0n) is 13.3. The maximum Gasteiger partial charge on any atom is 0.249 e. The van der Waals surface area contributed by atoms with Crippen LogP contribution in [-0.4, -0.2) is 28.3 Å². The molecule has 0 saturated carbocycles. The normalized spacial score (nSPS) is 25.9. The van der Waals surface area contributed by atoms with Crippen molar-refractivity contribution in [1.82, 2.24) is 10.2 Å². The van der Waals surface area contributed by atoms with Gasteiger partial charge in [-0.2, -0.15) is 0 Å². The van der Waals surface area contributed by atoms with E-state index in [4.69, 9.17) is 0 Å². The minimum Gasteiger partial charge on any atom is -0.340 e. The Hall–Kier alpha value is -1.84. The van der Waals surface area contributed by atoms with Crippen LogP contribution in [0.4, 0.5) is 0 Å². The van der Waals surface area contributed by atoms with Crippen molar-refractivity contribution in [3.8, 4) is 0 Å². The van der Waals surface area contributed by atoms with Crippen molar-refractivity contribution in [3.05, 3.63) is 35.4 Å². The summed E-state index contributed by atoms with van der Waals surface area (Å²) in [5.41, 5.74) is 1.46.